The third-order valence-electron chi connectivity index (χ3n) is 2.68. The zero-order valence-corrected chi connectivity index (χ0v) is 8.67. The van der Waals surface area contributed by atoms with E-state index in [4.69, 9.17) is 0 Å². The van der Waals surface area contributed by atoms with Gasteiger partial charge in [-0.05, 0) is 0 Å². The summed E-state index contributed by atoms with van der Waals surface area (Å²) >= 11 is 0. The Balaban J connectivity index is 0. The van der Waals surface area contributed by atoms with Gasteiger partial charge in [0.25, 0.3) is 0 Å². The molecule has 0 aromatic heterocycles. The highest BCUT2D eigenvalue weighted by Crippen LogP contribution is 2.65. The number of rotatable bonds is 0. The molecule has 6 rings (SSSR count). The third-order valence-corrected chi connectivity index (χ3v) is 2.68. The molecule has 6 aliphatic heterocycles. The van der Waals surface area contributed by atoms with Crippen LogP contribution in [0.2, 0.25) is 0 Å². The Morgan fingerprint density at radius 2 is 0.800 bits per heavy atom. The lowest BCUT2D eigenvalue weighted by molar-refractivity contribution is -1.16. The molecule has 10 heavy (non-hydrogen) atoms. The van der Waals surface area contributed by atoms with Crippen molar-refractivity contribution in [1.29, 1.82) is 0 Å². The lowest BCUT2D eigenvalue weighted by Gasteiger charge is -2.83. The molecule has 6 saturated heterocycles. The lowest BCUT2D eigenvalue weighted by Crippen LogP contribution is -3.02. The predicted molar refractivity (Wildman–Crippen MR) is 51.2 cm³/mol. The molecular weight excluding hydrogens is 216 g/mol. The van der Waals surface area contributed by atoms with Crippen LogP contribution in [0.1, 0.15) is 0 Å². The average molecular weight is 228 g/mol. The minimum atomic E-state index is 0. The second kappa shape index (κ2) is 2.87. The maximum atomic E-state index is 1.56. The van der Waals surface area contributed by atoms with E-state index in [0.717, 1.165) is 5.41 Å². The molecule has 2 bridgehead atoms. The monoisotopic (exact) mass is 226 g/mol. The molecule has 6 aliphatic rings. The quantitative estimate of drug-likeness (QED) is 0.551. The highest BCUT2D eigenvalue weighted by Gasteiger charge is 2.85. The van der Waals surface area contributed by atoms with Gasteiger partial charge < -0.3 is 4.48 Å². The van der Waals surface area contributed by atoms with E-state index < -0.39 is 0 Å². The van der Waals surface area contributed by atoms with E-state index >= 15 is 0 Å². The fourth-order valence-corrected chi connectivity index (χ4v) is 2.57. The Morgan fingerprint density at radius 3 is 0.800 bits per heavy atom. The summed E-state index contributed by atoms with van der Waals surface area (Å²) in [5.41, 5.74) is 0.972. The second-order valence-corrected chi connectivity index (χ2v) is 3.47. The Hall–Kier alpha value is 1.12. The molecule has 0 radical (unpaired) electrons. The molecule has 64 valence electrons. The smallest absolute Gasteiger partial charge is 0.165 e. The van der Waals surface area contributed by atoms with Gasteiger partial charge in [-0.3, -0.25) is 0 Å². The first-order chi connectivity index (χ1) is 2.83. The minimum absolute atomic E-state index is 0. The van der Waals surface area contributed by atoms with Crippen molar-refractivity contribution in [3.63, 3.8) is 0 Å². The maximum Gasteiger partial charge on any atom is 0.165 e. The van der Waals surface area contributed by atoms with Gasteiger partial charge in [-0.25, -0.2) is 0 Å². The van der Waals surface area contributed by atoms with E-state index in [9.17, 15) is 0 Å². The van der Waals surface area contributed by atoms with Crippen molar-refractivity contribution in [2.24, 2.45) is 5.41 Å². The van der Waals surface area contributed by atoms with Crippen LogP contribution in [0.4, 0.5) is 0 Å². The van der Waals surface area contributed by atoms with Gasteiger partial charge in [0.1, 0.15) is 26.2 Å². The van der Waals surface area contributed by atoms with Gasteiger partial charge in [-0.1, -0.05) is 0 Å². The zero-order valence-electron chi connectivity index (χ0n) is 5.41. The van der Waals surface area contributed by atoms with Gasteiger partial charge in [-0.15, -0.1) is 49.6 Å². The van der Waals surface area contributed by atoms with Gasteiger partial charge in [0.2, 0.25) is 0 Å². The van der Waals surface area contributed by atoms with Crippen LogP contribution in [0.25, 0.3) is 0 Å². The van der Waals surface area contributed by atoms with E-state index in [1.807, 2.05) is 0 Å². The summed E-state index contributed by atoms with van der Waals surface area (Å²) in [6.07, 6.45) is 0. The van der Waals surface area contributed by atoms with Crippen molar-refractivity contribution < 1.29 is 4.48 Å². The largest absolute Gasteiger partial charge is 0.319 e. The average Bonchev–Trinajstić information content (AvgIpc) is 0.503. The summed E-state index contributed by atoms with van der Waals surface area (Å²) in [7, 11) is 0. The third kappa shape index (κ3) is 0.953. The van der Waals surface area contributed by atoms with Crippen LogP contribution in [0, 0.1) is 5.41 Å². The molecule has 0 amide bonds. The molecule has 1 nitrogen and oxygen atoms in total. The standard InChI is InChI=1S/C5H8N.4ClH/c1-5-2-6(1,3-5)4-5;;;;/h1-4H2;4*1H/q+1;;;;. The number of hydrogen-bond donors (Lipinski definition) is 0. The molecule has 0 aromatic carbocycles. The number of hydrogen-bond acceptors (Lipinski definition) is 0. The van der Waals surface area contributed by atoms with E-state index in [1.54, 1.807) is 26.2 Å². The van der Waals surface area contributed by atoms with Crippen LogP contribution in [0.3, 0.4) is 0 Å². The molecule has 6 heterocycles. The second-order valence-electron chi connectivity index (χ2n) is 3.47. The van der Waals surface area contributed by atoms with E-state index in [1.165, 1.54) is 4.48 Å². The van der Waals surface area contributed by atoms with Gasteiger partial charge in [0, 0.05) is 0 Å². The van der Waals surface area contributed by atoms with Crippen molar-refractivity contribution in [3.05, 3.63) is 0 Å². The molecule has 0 atom stereocenters. The first-order valence-corrected chi connectivity index (χ1v) is 2.68. The summed E-state index contributed by atoms with van der Waals surface area (Å²) in [6, 6.07) is 0. The normalized spacial score (nSPS) is 48.0. The van der Waals surface area contributed by atoms with Crippen LogP contribution >= 0.6 is 49.6 Å². The van der Waals surface area contributed by atoms with Gasteiger partial charge in [0.15, 0.2) is 5.41 Å². The highest BCUT2D eigenvalue weighted by atomic mass is 35.5. The molecular formula is C5H12Cl4N+. The fraction of sp³-hybridized carbons (Fsp3) is 1.00. The molecule has 0 unspecified atom stereocenters. The van der Waals surface area contributed by atoms with Crippen molar-refractivity contribution in [2.45, 2.75) is 0 Å². The number of halogens is 4. The molecule has 0 saturated carbocycles. The minimum Gasteiger partial charge on any atom is -0.319 e. The fourth-order valence-electron chi connectivity index (χ4n) is 2.57. The maximum absolute atomic E-state index is 1.56. The van der Waals surface area contributed by atoms with Crippen LogP contribution in [-0.4, -0.2) is 30.7 Å². The Labute approximate surface area is 85.8 Å². The molecule has 5 heteroatoms. The zero-order chi connectivity index (χ0) is 3.83. The number of quaternary nitrogens is 1. The number of nitrogens with zero attached hydrogens (tertiary/aromatic N) is 1. The summed E-state index contributed by atoms with van der Waals surface area (Å²) in [4.78, 5) is 0. The van der Waals surface area contributed by atoms with Crippen LogP contribution < -0.4 is 0 Å². The summed E-state index contributed by atoms with van der Waals surface area (Å²) in [6.45, 7) is 6.25. The first kappa shape index (κ1) is 13.7. The molecule has 0 aliphatic carbocycles. The first-order valence-electron chi connectivity index (χ1n) is 2.68. The van der Waals surface area contributed by atoms with Crippen molar-refractivity contribution in [1.82, 2.24) is 0 Å². The Kier molecular flexibility index (Phi) is 3.93. The topological polar surface area (TPSA) is 0 Å². The summed E-state index contributed by atoms with van der Waals surface area (Å²) in [5.74, 6) is 0. The van der Waals surface area contributed by atoms with Gasteiger partial charge in [0.05, 0.1) is 0 Å². The van der Waals surface area contributed by atoms with E-state index in [2.05, 4.69) is 0 Å². The van der Waals surface area contributed by atoms with E-state index in [-0.39, 0.29) is 49.6 Å². The van der Waals surface area contributed by atoms with Crippen molar-refractivity contribution >= 4 is 49.6 Å². The molecule has 0 spiro atoms. The molecule has 0 aromatic rings. The summed E-state index contributed by atoms with van der Waals surface area (Å²) in [5, 5.41) is 0. The predicted octanol–water partition coefficient (Wildman–Crippen LogP) is 1.52. The van der Waals surface area contributed by atoms with Gasteiger partial charge in [-0.2, -0.15) is 0 Å². The van der Waals surface area contributed by atoms with Crippen molar-refractivity contribution in [3.8, 4) is 0 Å². The van der Waals surface area contributed by atoms with Crippen LogP contribution in [-0.2, 0) is 0 Å². The van der Waals surface area contributed by atoms with Gasteiger partial charge >= 0.3 is 0 Å². The summed E-state index contributed by atoms with van der Waals surface area (Å²) < 4.78 is 1.53. The van der Waals surface area contributed by atoms with Crippen molar-refractivity contribution in [2.75, 3.05) is 26.2 Å². The Bertz CT molecular complexity index is 90.6. The van der Waals surface area contributed by atoms with E-state index in [0.29, 0.717) is 0 Å². The molecule has 6 fully saturated rings. The SMILES string of the molecule is C1C23C[N+]1(C2)C3.Cl.Cl.Cl.Cl. The van der Waals surface area contributed by atoms with Crippen LogP contribution in [0.5, 0.6) is 0 Å². The Morgan fingerprint density at radius 1 is 0.700 bits per heavy atom. The highest BCUT2D eigenvalue weighted by molar-refractivity contribution is 5.86. The molecule has 0 N–H and O–H groups in total. The van der Waals surface area contributed by atoms with Crippen LogP contribution in [0.15, 0.2) is 0 Å². The lowest BCUT2D eigenvalue weighted by atomic mass is 9.52.